The molecule has 0 unspecified atom stereocenters. The monoisotopic (exact) mass is 306 g/mol. The van der Waals surface area contributed by atoms with Crippen LogP contribution in [-0.4, -0.2) is 11.7 Å². The van der Waals surface area contributed by atoms with Crippen LogP contribution in [0.1, 0.15) is 5.56 Å². The third-order valence-corrected chi connectivity index (χ3v) is 2.38. The molecule has 1 rings (SSSR count). The first-order chi connectivity index (χ1) is 6.15. The number of aliphatic hydroxyl groups excluding tert-OH is 1. The number of rotatable bonds is 0. The summed E-state index contributed by atoms with van der Waals surface area (Å²) in [4.78, 5) is 0. The van der Waals surface area contributed by atoms with Gasteiger partial charge in [-0.1, -0.05) is 27.8 Å². The molecule has 1 aromatic carbocycles. The smallest absolute Gasteiger partial charge is 0.141 e. The summed E-state index contributed by atoms with van der Waals surface area (Å²) in [7, 11) is 0. The first-order valence-electron chi connectivity index (χ1n) is 3.39. The summed E-state index contributed by atoms with van der Waals surface area (Å²) < 4.78 is 14.4. The van der Waals surface area contributed by atoms with Gasteiger partial charge in [0, 0.05) is 8.95 Å². The van der Waals surface area contributed by atoms with Crippen molar-refractivity contribution in [1.29, 1.82) is 0 Å². The zero-order valence-electron chi connectivity index (χ0n) is 6.44. The molecule has 0 heterocycles. The molecule has 0 bridgehead atoms. The van der Waals surface area contributed by atoms with E-state index in [-0.39, 0.29) is 12.2 Å². The van der Waals surface area contributed by atoms with E-state index in [4.69, 9.17) is 5.11 Å². The maximum atomic E-state index is 13.2. The van der Waals surface area contributed by atoms with Gasteiger partial charge >= 0.3 is 0 Å². The molecule has 0 atom stereocenters. The van der Waals surface area contributed by atoms with E-state index in [1.165, 1.54) is 6.07 Å². The highest BCUT2D eigenvalue weighted by molar-refractivity contribution is 9.11. The van der Waals surface area contributed by atoms with Gasteiger partial charge in [0.2, 0.25) is 0 Å². The molecule has 13 heavy (non-hydrogen) atoms. The van der Waals surface area contributed by atoms with Gasteiger partial charge in [0.15, 0.2) is 0 Å². The summed E-state index contributed by atoms with van der Waals surface area (Å²) in [5, 5.41) is 8.44. The molecule has 0 aromatic heterocycles. The summed E-state index contributed by atoms with van der Waals surface area (Å²) >= 11 is 6.32. The number of benzene rings is 1. The van der Waals surface area contributed by atoms with Gasteiger partial charge in [0.25, 0.3) is 0 Å². The van der Waals surface area contributed by atoms with Crippen molar-refractivity contribution in [3.63, 3.8) is 0 Å². The van der Waals surface area contributed by atoms with Crippen LogP contribution < -0.4 is 0 Å². The summed E-state index contributed by atoms with van der Waals surface area (Å²) in [5.74, 6) is 4.49. The van der Waals surface area contributed by atoms with Crippen molar-refractivity contribution in [2.75, 3.05) is 6.61 Å². The van der Waals surface area contributed by atoms with Gasteiger partial charge in [0.05, 0.1) is 5.56 Å². The van der Waals surface area contributed by atoms with Gasteiger partial charge in [-0.15, -0.1) is 0 Å². The van der Waals surface area contributed by atoms with Gasteiger partial charge in [-0.2, -0.15) is 0 Å². The Bertz CT molecular complexity index is 356. The van der Waals surface area contributed by atoms with Crippen molar-refractivity contribution >= 4 is 31.9 Å². The lowest BCUT2D eigenvalue weighted by atomic mass is 10.2. The molecular weight excluding hydrogens is 303 g/mol. The average Bonchev–Trinajstić information content (AvgIpc) is 2.02. The summed E-state index contributed by atoms with van der Waals surface area (Å²) in [6.07, 6.45) is 0. The Labute approximate surface area is 92.2 Å². The van der Waals surface area contributed by atoms with Gasteiger partial charge in [0.1, 0.15) is 12.4 Å². The average molecular weight is 308 g/mol. The molecule has 0 saturated carbocycles. The third-order valence-electron chi connectivity index (χ3n) is 1.30. The van der Waals surface area contributed by atoms with Crippen LogP contribution >= 0.6 is 31.9 Å². The van der Waals surface area contributed by atoms with Gasteiger partial charge in [-0.3, -0.25) is 0 Å². The summed E-state index contributed by atoms with van der Waals surface area (Å²) in [6, 6.07) is 3.02. The van der Waals surface area contributed by atoms with E-state index in [1.807, 2.05) is 0 Å². The first-order valence-corrected chi connectivity index (χ1v) is 4.98. The summed E-state index contributed by atoms with van der Waals surface area (Å²) in [5.41, 5.74) is 0.261. The molecule has 4 heteroatoms. The van der Waals surface area contributed by atoms with Crippen LogP contribution in [0.4, 0.5) is 4.39 Å². The van der Waals surface area contributed by atoms with Crippen LogP contribution in [0.15, 0.2) is 21.1 Å². The molecule has 68 valence electrons. The Hall–Kier alpha value is -0.370. The molecule has 1 N–H and O–H groups in total. The Morgan fingerprint density at radius 1 is 1.38 bits per heavy atom. The minimum absolute atomic E-state index is 0.261. The number of halogens is 3. The molecule has 1 nitrogen and oxygen atoms in total. The van der Waals surface area contributed by atoms with Crippen LogP contribution in [0.5, 0.6) is 0 Å². The second-order valence-electron chi connectivity index (χ2n) is 2.20. The Balaban J connectivity index is 3.21. The number of hydrogen-bond acceptors (Lipinski definition) is 1. The lowest BCUT2D eigenvalue weighted by Gasteiger charge is -1.99. The minimum Gasteiger partial charge on any atom is -0.384 e. The molecule has 0 aliphatic carbocycles. The van der Waals surface area contributed by atoms with Crippen LogP contribution in [0.2, 0.25) is 0 Å². The van der Waals surface area contributed by atoms with Gasteiger partial charge in [-0.05, 0) is 28.1 Å². The van der Waals surface area contributed by atoms with E-state index in [0.717, 1.165) is 0 Å². The fourth-order valence-electron chi connectivity index (χ4n) is 0.790. The molecule has 0 radical (unpaired) electrons. The molecule has 0 aliphatic rings. The predicted octanol–water partition coefficient (Wildman–Crippen LogP) is 2.69. The minimum atomic E-state index is -0.415. The summed E-state index contributed by atoms with van der Waals surface area (Å²) in [6.45, 7) is -0.276. The van der Waals surface area contributed by atoms with Crippen molar-refractivity contribution in [3.8, 4) is 11.8 Å². The van der Waals surface area contributed by atoms with E-state index in [0.29, 0.717) is 8.95 Å². The molecule has 1 aromatic rings. The number of aliphatic hydroxyl groups is 1. The highest BCUT2D eigenvalue weighted by Crippen LogP contribution is 2.24. The van der Waals surface area contributed by atoms with Crippen molar-refractivity contribution in [1.82, 2.24) is 0 Å². The second-order valence-corrected chi connectivity index (χ2v) is 3.97. The maximum absolute atomic E-state index is 13.2. The largest absolute Gasteiger partial charge is 0.384 e. The SMILES string of the molecule is OCC#Cc1c(F)cc(Br)cc1Br. The van der Waals surface area contributed by atoms with Gasteiger partial charge in [-0.25, -0.2) is 4.39 Å². The van der Waals surface area contributed by atoms with Crippen LogP contribution in [0.3, 0.4) is 0 Å². The molecule has 0 spiro atoms. The van der Waals surface area contributed by atoms with Crippen molar-refractivity contribution in [3.05, 3.63) is 32.5 Å². The van der Waals surface area contributed by atoms with E-state index in [1.54, 1.807) is 6.07 Å². The first kappa shape index (κ1) is 10.7. The molecule has 0 amide bonds. The fourth-order valence-corrected chi connectivity index (χ4v) is 2.06. The Kier molecular flexibility index (Phi) is 3.91. The van der Waals surface area contributed by atoms with Crippen molar-refractivity contribution in [2.24, 2.45) is 0 Å². The third kappa shape index (κ3) is 2.80. The quantitative estimate of drug-likeness (QED) is 0.731. The lowest BCUT2D eigenvalue weighted by Crippen LogP contribution is -1.86. The lowest BCUT2D eigenvalue weighted by molar-refractivity contribution is 0.350. The van der Waals surface area contributed by atoms with Crippen LogP contribution in [0, 0.1) is 17.7 Å². The van der Waals surface area contributed by atoms with E-state index < -0.39 is 5.82 Å². The van der Waals surface area contributed by atoms with Gasteiger partial charge < -0.3 is 5.11 Å². The van der Waals surface area contributed by atoms with E-state index in [9.17, 15) is 4.39 Å². The molecule has 0 fully saturated rings. The highest BCUT2D eigenvalue weighted by Gasteiger charge is 2.05. The molecular formula is C9H5Br2FO. The van der Waals surface area contributed by atoms with E-state index >= 15 is 0 Å². The molecule has 0 aliphatic heterocycles. The zero-order chi connectivity index (χ0) is 9.84. The zero-order valence-corrected chi connectivity index (χ0v) is 9.61. The van der Waals surface area contributed by atoms with Crippen LogP contribution in [-0.2, 0) is 0 Å². The Morgan fingerprint density at radius 2 is 2.08 bits per heavy atom. The maximum Gasteiger partial charge on any atom is 0.141 e. The topological polar surface area (TPSA) is 20.2 Å². The molecule has 0 saturated heterocycles. The fraction of sp³-hybridized carbons (Fsp3) is 0.111. The van der Waals surface area contributed by atoms with Crippen molar-refractivity contribution < 1.29 is 9.50 Å². The second kappa shape index (κ2) is 4.75. The standard InChI is InChI=1S/C9H5Br2FO/c10-6-4-8(11)7(2-1-3-13)9(12)5-6/h4-5,13H,3H2. The van der Waals surface area contributed by atoms with Crippen molar-refractivity contribution in [2.45, 2.75) is 0 Å². The van der Waals surface area contributed by atoms with E-state index in [2.05, 4.69) is 43.7 Å². The highest BCUT2D eigenvalue weighted by atomic mass is 79.9. The predicted molar refractivity (Wildman–Crippen MR) is 55.8 cm³/mol. The van der Waals surface area contributed by atoms with Crippen LogP contribution in [0.25, 0.3) is 0 Å². The number of hydrogen-bond donors (Lipinski definition) is 1. The normalized spacial score (nSPS) is 9.23. The Morgan fingerprint density at radius 3 is 2.62 bits per heavy atom.